The number of hydrogen-bond donors (Lipinski definition) is 1. The van der Waals surface area contributed by atoms with Gasteiger partial charge >= 0.3 is 0 Å². The summed E-state index contributed by atoms with van der Waals surface area (Å²) in [7, 11) is 0. The smallest absolute Gasteiger partial charge is 0.0340 e. The molecule has 0 spiro atoms. The third-order valence-electron chi connectivity index (χ3n) is 5.10. The second-order valence-corrected chi connectivity index (χ2v) is 7.20. The van der Waals surface area contributed by atoms with Crippen LogP contribution in [0.25, 0.3) is 0 Å². The number of hydrogen-bond acceptors (Lipinski definition) is 3. The lowest BCUT2D eigenvalue weighted by molar-refractivity contribution is 0.0495. The molecule has 1 aromatic rings. The standard InChI is InChI=1S/C15H24N2S/c1-11-3-6-15(9-11,10-16)17-7-4-14-13(12(17)2)5-8-18-14/h5,8,11-12H,3-4,6-7,9-10,16H2,1-2H3. The summed E-state index contributed by atoms with van der Waals surface area (Å²) in [5.74, 6) is 0.838. The van der Waals surface area contributed by atoms with E-state index in [-0.39, 0.29) is 5.54 Å². The molecule has 1 saturated carbocycles. The largest absolute Gasteiger partial charge is 0.329 e. The van der Waals surface area contributed by atoms with E-state index >= 15 is 0 Å². The summed E-state index contributed by atoms with van der Waals surface area (Å²) in [6.07, 6.45) is 5.13. The second-order valence-electron chi connectivity index (χ2n) is 6.19. The summed E-state index contributed by atoms with van der Waals surface area (Å²) in [5.41, 5.74) is 8.01. The fourth-order valence-electron chi connectivity index (χ4n) is 4.09. The number of nitrogens with zero attached hydrogens (tertiary/aromatic N) is 1. The topological polar surface area (TPSA) is 29.3 Å². The first kappa shape index (κ1) is 12.6. The lowest BCUT2D eigenvalue weighted by Crippen LogP contribution is -2.55. The van der Waals surface area contributed by atoms with Crippen LogP contribution in [0, 0.1) is 5.92 Å². The van der Waals surface area contributed by atoms with Crippen LogP contribution in [0.1, 0.15) is 49.6 Å². The molecular formula is C15H24N2S. The molecule has 0 saturated heterocycles. The summed E-state index contributed by atoms with van der Waals surface area (Å²) in [5, 5.41) is 2.25. The zero-order valence-electron chi connectivity index (χ0n) is 11.5. The summed E-state index contributed by atoms with van der Waals surface area (Å²) in [4.78, 5) is 4.31. The lowest BCUT2D eigenvalue weighted by atomic mass is 9.88. The molecule has 100 valence electrons. The van der Waals surface area contributed by atoms with Crippen LogP contribution < -0.4 is 5.73 Å². The molecule has 2 nitrogen and oxygen atoms in total. The van der Waals surface area contributed by atoms with Crippen molar-refractivity contribution in [3.63, 3.8) is 0 Å². The molecule has 3 unspecified atom stereocenters. The van der Waals surface area contributed by atoms with Crippen LogP contribution in [-0.4, -0.2) is 23.5 Å². The van der Waals surface area contributed by atoms with E-state index in [0.717, 1.165) is 12.5 Å². The number of rotatable bonds is 2. The maximum absolute atomic E-state index is 6.18. The van der Waals surface area contributed by atoms with Crippen molar-refractivity contribution in [1.29, 1.82) is 0 Å². The van der Waals surface area contributed by atoms with Gasteiger partial charge in [-0.25, -0.2) is 0 Å². The highest BCUT2D eigenvalue weighted by Gasteiger charge is 2.44. The second kappa shape index (κ2) is 4.62. The van der Waals surface area contributed by atoms with Crippen molar-refractivity contribution in [2.45, 2.75) is 51.1 Å². The molecule has 0 aromatic carbocycles. The molecule has 0 bridgehead atoms. The van der Waals surface area contributed by atoms with Crippen LogP contribution >= 0.6 is 11.3 Å². The Morgan fingerprint density at radius 3 is 3.00 bits per heavy atom. The zero-order valence-corrected chi connectivity index (χ0v) is 12.3. The molecule has 2 heterocycles. The van der Waals surface area contributed by atoms with Gasteiger partial charge < -0.3 is 5.73 Å². The molecule has 2 aliphatic rings. The highest BCUT2D eigenvalue weighted by atomic mass is 32.1. The maximum Gasteiger partial charge on any atom is 0.0340 e. The van der Waals surface area contributed by atoms with Gasteiger partial charge in [0.15, 0.2) is 0 Å². The van der Waals surface area contributed by atoms with E-state index in [1.807, 2.05) is 11.3 Å². The van der Waals surface area contributed by atoms with E-state index in [2.05, 4.69) is 30.2 Å². The van der Waals surface area contributed by atoms with E-state index in [4.69, 9.17) is 5.73 Å². The molecule has 1 aromatic heterocycles. The van der Waals surface area contributed by atoms with Crippen LogP contribution in [-0.2, 0) is 6.42 Å². The lowest BCUT2D eigenvalue weighted by Gasteiger charge is -2.47. The molecule has 3 heteroatoms. The Morgan fingerprint density at radius 1 is 1.50 bits per heavy atom. The van der Waals surface area contributed by atoms with Crippen molar-refractivity contribution in [3.8, 4) is 0 Å². The Labute approximate surface area is 114 Å². The van der Waals surface area contributed by atoms with Crippen molar-refractivity contribution >= 4 is 11.3 Å². The summed E-state index contributed by atoms with van der Waals surface area (Å²) in [6.45, 7) is 6.76. The van der Waals surface area contributed by atoms with Gasteiger partial charge in [0.2, 0.25) is 0 Å². The van der Waals surface area contributed by atoms with Crippen molar-refractivity contribution in [2.75, 3.05) is 13.1 Å². The molecule has 18 heavy (non-hydrogen) atoms. The summed E-state index contributed by atoms with van der Waals surface area (Å²) >= 11 is 1.92. The van der Waals surface area contributed by atoms with Crippen molar-refractivity contribution in [2.24, 2.45) is 11.7 Å². The first-order valence-electron chi connectivity index (χ1n) is 7.19. The fourth-order valence-corrected chi connectivity index (χ4v) is 5.05. The monoisotopic (exact) mass is 264 g/mol. The van der Waals surface area contributed by atoms with E-state index in [9.17, 15) is 0 Å². The van der Waals surface area contributed by atoms with E-state index < -0.39 is 0 Å². The average molecular weight is 264 g/mol. The van der Waals surface area contributed by atoms with Gasteiger partial charge in [0.1, 0.15) is 0 Å². The van der Waals surface area contributed by atoms with Gasteiger partial charge in [-0.3, -0.25) is 4.90 Å². The molecule has 3 rings (SSSR count). The van der Waals surface area contributed by atoms with Gasteiger partial charge in [0.25, 0.3) is 0 Å². The Bertz CT molecular complexity index is 428. The van der Waals surface area contributed by atoms with E-state index in [1.54, 1.807) is 10.4 Å². The van der Waals surface area contributed by atoms with Crippen LogP contribution in [0.3, 0.4) is 0 Å². The Morgan fingerprint density at radius 2 is 2.33 bits per heavy atom. The molecule has 1 aliphatic heterocycles. The summed E-state index contributed by atoms with van der Waals surface area (Å²) in [6, 6.07) is 2.87. The van der Waals surface area contributed by atoms with E-state index in [0.29, 0.717) is 6.04 Å². The highest BCUT2D eigenvalue weighted by molar-refractivity contribution is 7.10. The molecular weight excluding hydrogens is 240 g/mol. The minimum absolute atomic E-state index is 0.276. The predicted octanol–water partition coefficient (Wildman–Crippen LogP) is 3.18. The fraction of sp³-hybridized carbons (Fsp3) is 0.733. The van der Waals surface area contributed by atoms with Gasteiger partial charge in [0.05, 0.1) is 0 Å². The van der Waals surface area contributed by atoms with Gasteiger partial charge in [-0.05, 0) is 55.5 Å². The predicted molar refractivity (Wildman–Crippen MR) is 77.9 cm³/mol. The zero-order chi connectivity index (χ0) is 12.8. The third-order valence-corrected chi connectivity index (χ3v) is 6.09. The SMILES string of the molecule is CC1CCC(CN)(N2CCc3sccc3C2C)C1. The van der Waals surface area contributed by atoms with Crippen LogP contribution in [0.15, 0.2) is 11.4 Å². The quantitative estimate of drug-likeness (QED) is 0.889. The number of thiophene rings is 1. The summed E-state index contributed by atoms with van der Waals surface area (Å²) < 4.78 is 0. The Hall–Kier alpha value is -0.380. The molecule has 3 atom stereocenters. The normalized spacial score (nSPS) is 36.8. The van der Waals surface area contributed by atoms with Gasteiger partial charge in [-0.2, -0.15) is 0 Å². The first-order valence-corrected chi connectivity index (χ1v) is 8.07. The molecule has 1 fully saturated rings. The molecule has 0 radical (unpaired) electrons. The number of nitrogens with two attached hydrogens (primary N) is 1. The third kappa shape index (κ3) is 1.84. The van der Waals surface area contributed by atoms with Crippen LogP contribution in [0.2, 0.25) is 0 Å². The van der Waals surface area contributed by atoms with E-state index in [1.165, 1.54) is 32.2 Å². The van der Waals surface area contributed by atoms with Crippen LogP contribution in [0.5, 0.6) is 0 Å². The Balaban J connectivity index is 1.89. The number of fused-ring (bicyclic) bond motifs is 1. The van der Waals surface area contributed by atoms with Crippen molar-refractivity contribution < 1.29 is 0 Å². The first-order chi connectivity index (χ1) is 8.66. The average Bonchev–Trinajstić information content (AvgIpc) is 2.97. The van der Waals surface area contributed by atoms with Crippen molar-refractivity contribution in [1.82, 2.24) is 4.90 Å². The minimum atomic E-state index is 0.276. The van der Waals surface area contributed by atoms with Gasteiger partial charge in [-0.1, -0.05) is 6.92 Å². The Kier molecular flexibility index (Phi) is 3.25. The minimum Gasteiger partial charge on any atom is -0.329 e. The van der Waals surface area contributed by atoms with Crippen LogP contribution in [0.4, 0.5) is 0 Å². The molecule has 2 N–H and O–H groups in total. The van der Waals surface area contributed by atoms with Crippen molar-refractivity contribution in [3.05, 3.63) is 21.9 Å². The molecule has 1 aliphatic carbocycles. The highest BCUT2D eigenvalue weighted by Crippen LogP contribution is 2.45. The molecule has 0 amide bonds. The van der Waals surface area contributed by atoms with Gasteiger partial charge in [0, 0.05) is 29.5 Å². The van der Waals surface area contributed by atoms with Gasteiger partial charge in [-0.15, -0.1) is 11.3 Å². The maximum atomic E-state index is 6.18.